The minimum Gasteiger partial charge on any atom is -0.462 e. The van der Waals surface area contributed by atoms with Gasteiger partial charge in [0.05, 0.1) is 24.0 Å². The quantitative estimate of drug-likeness (QED) is 0.0668. The van der Waals surface area contributed by atoms with E-state index in [4.69, 9.17) is 25.7 Å². The molecule has 1 amide bonds. The molecule has 3 atom stereocenters. The number of piperazine rings is 1. The van der Waals surface area contributed by atoms with Gasteiger partial charge in [-0.05, 0) is 61.5 Å². The van der Waals surface area contributed by atoms with Crippen molar-refractivity contribution < 1.29 is 31.5 Å². The third kappa shape index (κ3) is 9.97. The molecule has 0 radical (unpaired) electrons. The maximum atomic E-state index is 14.8. The molecule has 0 N–H and O–H groups in total. The second kappa shape index (κ2) is 19.4. The Labute approximate surface area is 375 Å². The first-order chi connectivity index (χ1) is 30.5. The number of nitrogens with zero attached hydrogens (tertiary/aromatic N) is 8. The first-order valence-electron chi connectivity index (χ1n) is 21.8. The van der Waals surface area contributed by atoms with E-state index in [1.165, 1.54) is 27.4 Å². The summed E-state index contributed by atoms with van der Waals surface area (Å²) in [6.45, 7) is 17.2. The van der Waals surface area contributed by atoms with Gasteiger partial charge in [0, 0.05) is 56.9 Å². The van der Waals surface area contributed by atoms with E-state index in [1.54, 1.807) is 17.1 Å². The summed E-state index contributed by atoms with van der Waals surface area (Å²) in [5.74, 6) is -0.947. The molecule has 0 saturated carbocycles. The average molecular weight is 899 g/mol. The number of carbonyl (C=O) groups excluding carboxylic acids is 1. The maximum absolute atomic E-state index is 14.8. The predicted octanol–water partition coefficient (Wildman–Crippen LogP) is 6.28. The number of hydrogen-bond donors (Lipinski definition) is 0. The first-order valence-corrected chi connectivity index (χ1v) is 23.7. The van der Waals surface area contributed by atoms with Crippen LogP contribution in [0.15, 0.2) is 91.0 Å². The fourth-order valence-electron chi connectivity index (χ4n) is 9.46. The van der Waals surface area contributed by atoms with Gasteiger partial charge < -0.3 is 33.6 Å². The van der Waals surface area contributed by atoms with Gasteiger partial charge in [-0.1, -0.05) is 93.6 Å². The molecule has 11 nitrogen and oxygen atoms in total. The molecular weight excluding hydrogens is 841 g/mol. The van der Waals surface area contributed by atoms with Crippen LogP contribution in [0.1, 0.15) is 44.0 Å². The fourth-order valence-corrected chi connectivity index (χ4v) is 14.1. The van der Waals surface area contributed by atoms with Crippen LogP contribution in [0, 0.1) is 12.4 Å². The molecule has 3 aromatic carbocycles. The average Bonchev–Trinajstić information content (AvgIpc) is 3.61. The van der Waals surface area contributed by atoms with Crippen LogP contribution in [-0.2, 0) is 28.4 Å². The van der Waals surface area contributed by atoms with Crippen LogP contribution in [-0.4, -0.2) is 131 Å². The van der Waals surface area contributed by atoms with E-state index in [2.05, 4.69) is 79.0 Å². The van der Waals surface area contributed by atoms with Crippen molar-refractivity contribution in [3.05, 3.63) is 125 Å². The number of aromatic nitrogens is 2. The SMILES string of the molecule is [C-]#[N+]C[C@H]1CN(c2nc(OC[C@@H]3C[C@@H](O[Si](c4ccccc4)(c4ccccc4)C(C)(C)C)CN3C)nc3c2CCN(c2cccc(F)c2C(F)(F)F)C3)CCN1C(=O)/C=C/CN(C)C. The zero-order valence-corrected chi connectivity index (χ0v) is 38.5. The smallest absolute Gasteiger partial charge is 0.421 e. The van der Waals surface area contributed by atoms with Gasteiger partial charge in [0.2, 0.25) is 12.5 Å². The molecule has 3 aliphatic rings. The number of ether oxygens (including phenoxy) is 1. The van der Waals surface area contributed by atoms with Gasteiger partial charge in [0.25, 0.3) is 8.32 Å². The topological polar surface area (TPSA) is 81.9 Å². The molecular formula is C48H58F4N8O3Si. The minimum atomic E-state index is -4.91. The number of fused-ring (bicyclic) bond motifs is 1. The summed E-state index contributed by atoms with van der Waals surface area (Å²) in [5, 5.41) is 2.20. The van der Waals surface area contributed by atoms with Crippen molar-refractivity contribution in [3.8, 4) is 6.01 Å². The molecule has 340 valence electrons. The molecule has 4 heterocycles. The molecule has 16 heteroatoms. The van der Waals surface area contributed by atoms with E-state index in [-0.39, 0.29) is 67.5 Å². The van der Waals surface area contributed by atoms with Crippen molar-refractivity contribution in [2.24, 2.45) is 0 Å². The molecule has 4 aromatic rings. The van der Waals surface area contributed by atoms with Crippen LogP contribution in [0.4, 0.5) is 29.1 Å². The molecule has 0 bridgehead atoms. The zero-order chi connectivity index (χ0) is 45.8. The monoisotopic (exact) mass is 898 g/mol. The van der Waals surface area contributed by atoms with Gasteiger partial charge in [-0.3, -0.25) is 9.69 Å². The molecule has 0 unspecified atom stereocenters. The molecule has 2 saturated heterocycles. The predicted molar refractivity (Wildman–Crippen MR) is 244 cm³/mol. The number of anilines is 2. The molecule has 0 spiro atoms. The highest BCUT2D eigenvalue weighted by Gasteiger charge is 2.52. The molecule has 7 rings (SSSR count). The van der Waals surface area contributed by atoms with E-state index in [9.17, 15) is 22.4 Å². The summed E-state index contributed by atoms with van der Waals surface area (Å²) in [7, 11) is 3.04. The lowest BCUT2D eigenvalue weighted by Crippen LogP contribution is -2.67. The van der Waals surface area contributed by atoms with Gasteiger partial charge in [0.15, 0.2) is 0 Å². The third-order valence-electron chi connectivity index (χ3n) is 12.6. The molecule has 3 aliphatic heterocycles. The number of likely N-dealkylation sites (N-methyl/N-ethyl adjacent to an activating group) is 2. The molecule has 1 aromatic heterocycles. The maximum Gasteiger partial charge on any atom is 0.421 e. The van der Waals surface area contributed by atoms with Crippen LogP contribution >= 0.6 is 0 Å². The Morgan fingerprint density at radius 2 is 1.61 bits per heavy atom. The number of benzene rings is 3. The summed E-state index contributed by atoms with van der Waals surface area (Å²) in [5.41, 5.74) is -0.349. The van der Waals surface area contributed by atoms with Crippen molar-refractivity contribution in [1.82, 2.24) is 24.7 Å². The lowest BCUT2D eigenvalue weighted by molar-refractivity contribution is -0.139. The van der Waals surface area contributed by atoms with Crippen LogP contribution in [0.25, 0.3) is 4.85 Å². The summed E-state index contributed by atoms with van der Waals surface area (Å²) in [4.78, 5) is 36.3. The number of hydrogen-bond acceptors (Lipinski definition) is 9. The first kappa shape index (κ1) is 46.6. The van der Waals surface area contributed by atoms with E-state index in [1.807, 2.05) is 43.1 Å². The fraction of sp³-hybridized carbons (Fsp3) is 0.458. The lowest BCUT2D eigenvalue weighted by atomic mass is 10.0. The van der Waals surface area contributed by atoms with Gasteiger partial charge >= 0.3 is 12.2 Å². The summed E-state index contributed by atoms with van der Waals surface area (Å²) in [6, 6.07) is 24.0. The van der Waals surface area contributed by atoms with Crippen molar-refractivity contribution in [3.63, 3.8) is 0 Å². The van der Waals surface area contributed by atoms with Gasteiger partial charge in [-0.2, -0.15) is 23.1 Å². The molecule has 64 heavy (non-hydrogen) atoms. The zero-order valence-electron chi connectivity index (χ0n) is 37.5. The number of alkyl halides is 3. The number of amides is 1. The van der Waals surface area contributed by atoms with E-state index >= 15 is 0 Å². The van der Waals surface area contributed by atoms with Crippen molar-refractivity contribution in [2.75, 3.05) is 83.4 Å². The Bertz CT molecular complexity index is 2280. The highest BCUT2D eigenvalue weighted by molar-refractivity contribution is 6.99. The Morgan fingerprint density at radius 3 is 2.23 bits per heavy atom. The summed E-state index contributed by atoms with van der Waals surface area (Å²) < 4.78 is 71.6. The van der Waals surface area contributed by atoms with Crippen molar-refractivity contribution >= 4 is 36.1 Å². The lowest BCUT2D eigenvalue weighted by Gasteiger charge is -2.44. The number of halogens is 4. The van der Waals surface area contributed by atoms with Crippen LogP contribution in [0.3, 0.4) is 0 Å². The van der Waals surface area contributed by atoms with Crippen LogP contribution in [0.2, 0.25) is 5.04 Å². The number of likely N-dealkylation sites (tertiary alicyclic amines) is 1. The summed E-state index contributed by atoms with van der Waals surface area (Å²) >= 11 is 0. The highest BCUT2D eigenvalue weighted by Crippen LogP contribution is 2.42. The number of rotatable bonds is 13. The molecule has 0 aliphatic carbocycles. The van der Waals surface area contributed by atoms with Gasteiger partial charge in [-0.25, -0.2) is 11.0 Å². The summed E-state index contributed by atoms with van der Waals surface area (Å²) in [6.07, 6.45) is -0.701. The largest absolute Gasteiger partial charge is 0.462 e. The Hall–Kier alpha value is -5.34. The van der Waals surface area contributed by atoms with Gasteiger partial charge in [0.1, 0.15) is 29.8 Å². The highest BCUT2D eigenvalue weighted by atomic mass is 28.4. The van der Waals surface area contributed by atoms with Crippen LogP contribution < -0.4 is 24.9 Å². The van der Waals surface area contributed by atoms with Crippen molar-refractivity contribution in [2.45, 2.75) is 69.6 Å². The Balaban J connectivity index is 1.17. The second-order valence-electron chi connectivity index (χ2n) is 18.2. The second-order valence-corrected chi connectivity index (χ2v) is 22.5. The van der Waals surface area contributed by atoms with Crippen LogP contribution in [0.5, 0.6) is 6.01 Å². The normalized spacial score (nSPS) is 19.9. The standard InChI is InChI=1S/C48H58F4N8O3Si/c1-47(2,3)64(37-16-10-8-11-17-37,38-18-12-9-13-19-38)63-36-28-34(57(7)31-36)33-62-46-54-41-32-58(42-21-14-20-40(49)44(42)48(50,51)52)25-23-39(41)45(55-46)59-26-27-60(35(30-59)29-53-4)43(61)22-15-24-56(5)6/h8-22,34-36H,23-33H2,1-3,5-7H3/b22-15+/t34-,35-,36+/m0/s1. The molecule has 2 fully saturated rings. The third-order valence-corrected chi connectivity index (χ3v) is 17.6. The van der Waals surface area contributed by atoms with Gasteiger partial charge in [-0.15, -0.1) is 0 Å². The number of carbonyl (C=O) groups is 1. The van der Waals surface area contributed by atoms with Crippen molar-refractivity contribution in [1.29, 1.82) is 0 Å². The Morgan fingerprint density at radius 1 is 0.922 bits per heavy atom. The van der Waals surface area contributed by atoms with E-state index in [0.29, 0.717) is 50.7 Å². The Kier molecular flexibility index (Phi) is 14.1. The van der Waals surface area contributed by atoms with E-state index in [0.717, 1.165) is 11.6 Å². The van der Waals surface area contributed by atoms with E-state index < -0.39 is 31.9 Å². The minimum absolute atomic E-state index is 0.0356.